The summed E-state index contributed by atoms with van der Waals surface area (Å²) in [6.07, 6.45) is -0.269. The number of hydrogen-bond acceptors (Lipinski definition) is 7. The first-order chi connectivity index (χ1) is 16.8. The molecule has 1 aromatic heterocycles. The standard InChI is InChI=1S/C25H26BrClN4O3S/c1-5-35-25-29-24-28-15(4)21(23(32)34-14(2)3)22(31(24)30-25)19-12-17(26)8-11-20(19)33-13-16-6-9-18(27)10-7-16/h6-12,14,22H,5,13H2,1-4H3,(H,28,29,30). The minimum atomic E-state index is -0.589. The maximum absolute atomic E-state index is 13.3. The Hall–Kier alpha value is -2.49. The van der Waals surface area contributed by atoms with E-state index in [1.165, 1.54) is 11.8 Å². The molecule has 3 aromatic rings. The number of nitrogens with one attached hydrogen (secondary N) is 1. The molecule has 35 heavy (non-hydrogen) atoms. The SMILES string of the molecule is CCSc1nc2n(n1)C(c1cc(Br)ccc1OCc1ccc(Cl)cc1)C(C(=O)OC(C)C)=C(C)N2. The molecule has 7 nitrogen and oxygen atoms in total. The van der Waals surface area contributed by atoms with Crippen molar-refractivity contribution in [1.82, 2.24) is 14.8 Å². The van der Waals surface area contributed by atoms with Crippen LogP contribution >= 0.6 is 39.3 Å². The van der Waals surface area contributed by atoms with Crippen LogP contribution in [0.5, 0.6) is 5.75 Å². The van der Waals surface area contributed by atoms with E-state index in [9.17, 15) is 4.79 Å². The van der Waals surface area contributed by atoms with E-state index in [0.29, 0.717) is 39.8 Å². The predicted molar refractivity (Wildman–Crippen MR) is 142 cm³/mol. The number of allylic oxidation sites excluding steroid dienone is 1. The number of esters is 1. The van der Waals surface area contributed by atoms with Gasteiger partial charge in [-0.1, -0.05) is 58.3 Å². The zero-order valence-electron chi connectivity index (χ0n) is 19.8. The molecule has 1 aliphatic heterocycles. The smallest absolute Gasteiger partial charge is 0.338 e. The number of ether oxygens (including phenoxy) is 2. The fourth-order valence-corrected chi connectivity index (χ4v) is 4.82. The van der Waals surface area contributed by atoms with E-state index in [2.05, 4.69) is 26.2 Å². The Morgan fingerprint density at radius 1 is 1.26 bits per heavy atom. The number of benzene rings is 2. The molecule has 0 aliphatic carbocycles. The van der Waals surface area contributed by atoms with Gasteiger partial charge in [0.1, 0.15) is 18.4 Å². The molecule has 0 amide bonds. The molecule has 10 heteroatoms. The average Bonchev–Trinajstić information content (AvgIpc) is 3.20. The van der Waals surface area contributed by atoms with Gasteiger partial charge in [0, 0.05) is 20.8 Å². The number of rotatable bonds is 8. The van der Waals surface area contributed by atoms with Crippen LogP contribution in [0, 0.1) is 0 Å². The molecule has 4 rings (SSSR count). The second-order valence-corrected chi connectivity index (χ2v) is 10.8. The molecule has 0 radical (unpaired) electrons. The molecule has 1 atom stereocenters. The molecular formula is C25H26BrClN4O3S. The van der Waals surface area contributed by atoms with Gasteiger partial charge in [-0.05, 0) is 62.4 Å². The lowest BCUT2D eigenvalue weighted by molar-refractivity contribution is -0.143. The first-order valence-corrected chi connectivity index (χ1v) is 13.4. The van der Waals surface area contributed by atoms with Crippen molar-refractivity contribution in [2.75, 3.05) is 11.1 Å². The average molecular weight is 578 g/mol. The Kier molecular flexibility index (Phi) is 8.09. The van der Waals surface area contributed by atoms with E-state index in [0.717, 1.165) is 21.4 Å². The van der Waals surface area contributed by atoms with Crippen molar-refractivity contribution in [3.05, 3.63) is 74.4 Å². The molecule has 0 fully saturated rings. The molecule has 0 saturated heterocycles. The fraction of sp³-hybridized carbons (Fsp3) is 0.320. The lowest BCUT2D eigenvalue weighted by atomic mass is 9.95. The van der Waals surface area contributed by atoms with Crippen LogP contribution in [-0.4, -0.2) is 32.6 Å². The Bertz CT molecular complexity index is 1260. The Balaban J connectivity index is 1.80. The Morgan fingerprint density at radius 3 is 2.69 bits per heavy atom. The third-order valence-electron chi connectivity index (χ3n) is 5.24. The largest absolute Gasteiger partial charge is 0.489 e. The summed E-state index contributed by atoms with van der Waals surface area (Å²) in [6, 6.07) is 12.7. The number of aromatic nitrogens is 3. The highest BCUT2D eigenvalue weighted by atomic mass is 79.9. The molecular weight excluding hydrogens is 552 g/mol. The predicted octanol–water partition coefficient (Wildman–Crippen LogP) is 6.63. The number of hydrogen-bond donors (Lipinski definition) is 1. The molecule has 1 aliphatic rings. The minimum absolute atomic E-state index is 0.269. The van der Waals surface area contributed by atoms with Gasteiger partial charge >= 0.3 is 5.97 Å². The van der Waals surface area contributed by atoms with Gasteiger partial charge in [0.2, 0.25) is 11.1 Å². The van der Waals surface area contributed by atoms with Gasteiger partial charge in [-0.15, -0.1) is 5.10 Å². The van der Waals surface area contributed by atoms with Crippen LogP contribution in [0.25, 0.3) is 0 Å². The Morgan fingerprint density at radius 2 is 2.00 bits per heavy atom. The maximum atomic E-state index is 13.3. The lowest BCUT2D eigenvalue weighted by Crippen LogP contribution is -2.31. The van der Waals surface area contributed by atoms with Gasteiger partial charge in [-0.2, -0.15) is 4.98 Å². The van der Waals surface area contributed by atoms with E-state index in [4.69, 9.17) is 26.2 Å². The molecule has 1 N–H and O–H groups in total. The summed E-state index contributed by atoms with van der Waals surface area (Å²) >= 11 is 11.1. The van der Waals surface area contributed by atoms with Crippen LogP contribution < -0.4 is 10.1 Å². The quantitative estimate of drug-likeness (QED) is 0.238. The summed E-state index contributed by atoms with van der Waals surface area (Å²) in [5.41, 5.74) is 2.86. The van der Waals surface area contributed by atoms with Gasteiger partial charge < -0.3 is 14.8 Å². The normalized spacial score (nSPS) is 15.1. The monoisotopic (exact) mass is 576 g/mol. The minimum Gasteiger partial charge on any atom is -0.489 e. The number of anilines is 1. The zero-order chi connectivity index (χ0) is 25.1. The first kappa shape index (κ1) is 25.6. The van der Waals surface area contributed by atoms with Crippen LogP contribution in [0.2, 0.25) is 5.02 Å². The molecule has 0 saturated carbocycles. The van der Waals surface area contributed by atoms with Crippen molar-refractivity contribution in [3.63, 3.8) is 0 Å². The molecule has 2 aromatic carbocycles. The van der Waals surface area contributed by atoms with Crippen molar-refractivity contribution in [1.29, 1.82) is 0 Å². The number of thioether (sulfide) groups is 1. The van der Waals surface area contributed by atoms with Crippen molar-refractivity contribution in [3.8, 4) is 5.75 Å². The van der Waals surface area contributed by atoms with Gasteiger partial charge in [-0.3, -0.25) is 0 Å². The molecule has 184 valence electrons. The second-order valence-electron chi connectivity index (χ2n) is 8.21. The Labute approximate surface area is 222 Å². The summed E-state index contributed by atoms with van der Waals surface area (Å²) in [6.45, 7) is 7.89. The zero-order valence-corrected chi connectivity index (χ0v) is 23.0. The highest BCUT2D eigenvalue weighted by Gasteiger charge is 2.37. The van der Waals surface area contributed by atoms with E-state index < -0.39 is 12.0 Å². The highest BCUT2D eigenvalue weighted by Crippen LogP contribution is 2.41. The summed E-state index contributed by atoms with van der Waals surface area (Å²) in [5.74, 6) is 1.61. The number of carbonyl (C=O) groups is 1. The number of fused-ring (bicyclic) bond motifs is 1. The summed E-state index contributed by atoms with van der Waals surface area (Å²) in [5, 5.41) is 9.25. The topological polar surface area (TPSA) is 78.3 Å². The van der Waals surface area contributed by atoms with Crippen LogP contribution in [0.3, 0.4) is 0 Å². The van der Waals surface area contributed by atoms with E-state index in [1.807, 2.05) is 70.2 Å². The summed E-state index contributed by atoms with van der Waals surface area (Å²) < 4.78 is 14.5. The van der Waals surface area contributed by atoms with Crippen molar-refractivity contribution >= 4 is 51.2 Å². The highest BCUT2D eigenvalue weighted by molar-refractivity contribution is 9.10. The van der Waals surface area contributed by atoms with E-state index in [-0.39, 0.29) is 6.10 Å². The van der Waals surface area contributed by atoms with Crippen LogP contribution in [0.1, 0.15) is 44.9 Å². The second kappa shape index (κ2) is 11.1. The molecule has 2 heterocycles. The first-order valence-electron chi connectivity index (χ1n) is 11.2. The maximum Gasteiger partial charge on any atom is 0.338 e. The lowest BCUT2D eigenvalue weighted by Gasteiger charge is -2.29. The van der Waals surface area contributed by atoms with Crippen molar-refractivity contribution < 1.29 is 14.3 Å². The van der Waals surface area contributed by atoms with E-state index in [1.54, 1.807) is 4.68 Å². The molecule has 0 spiro atoms. The van der Waals surface area contributed by atoms with Crippen LogP contribution in [-0.2, 0) is 16.1 Å². The number of halogens is 2. The van der Waals surface area contributed by atoms with Crippen molar-refractivity contribution in [2.45, 2.75) is 51.6 Å². The van der Waals surface area contributed by atoms with Gasteiger partial charge in [0.15, 0.2) is 0 Å². The third-order valence-corrected chi connectivity index (χ3v) is 6.71. The van der Waals surface area contributed by atoms with Crippen LogP contribution in [0.15, 0.2) is 63.4 Å². The van der Waals surface area contributed by atoms with Crippen LogP contribution in [0.4, 0.5) is 5.95 Å². The van der Waals surface area contributed by atoms with Gasteiger partial charge in [-0.25, -0.2) is 9.48 Å². The molecule has 1 unspecified atom stereocenters. The summed E-state index contributed by atoms with van der Waals surface area (Å²) in [7, 11) is 0. The number of carbonyl (C=O) groups excluding carboxylic acids is 1. The number of nitrogens with zero attached hydrogens (tertiary/aromatic N) is 3. The third kappa shape index (κ3) is 5.85. The van der Waals surface area contributed by atoms with Gasteiger partial charge in [0.25, 0.3) is 0 Å². The van der Waals surface area contributed by atoms with Crippen molar-refractivity contribution in [2.24, 2.45) is 0 Å². The molecule has 0 bridgehead atoms. The fourth-order valence-electron chi connectivity index (χ4n) is 3.76. The van der Waals surface area contributed by atoms with E-state index >= 15 is 0 Å². The van der Waals surface area contributed by atoms with Gasteiger partial charge in [0.05, 0.1) is 11.7 Å². The summed E-state index contributed by atoms with van der Waals surface area (Å²) in [4.78, 5) is 17.9.